The largest absolute Gasteiger partial charge is 0.480 e. The SMILES string of the molecule is C=CCC(NC(=O)NC(C)C(=O)OCC)C(=O)O. The van der Waals surface area contributed by atoms with E-state index in [1.54, 1.807) is 6.92 Å². The van der Waals surface area contributed by atoms with Gasteiger partial charge in [-0.1, -0.05) is 6.08 Å². The van der Waals surface area contributed by atoms with E-state index in [1.165, 1.54) is 13.0 Å². The zero-order valence-electron chi connectivity index (χ0n) is 10.4. The molecule has 7 heteroatoms. The first-order chi connectivity index (χ1) is 8.42. The Morgan fingerprint density at radius 1 is 1.39 bits per heavy atom. The Balaban J connectivity index is 4.27. The number of rotatable bonds is 7. The van der Waals surface area contributed by atoms with Crippen molar-refractivity contribution in [3.63, 3.8) is 0 Å². The molecule has 0 heterocycles. The second-order valence-corrected chi connectivity index (χ2v) is 3.51. The van der Waals surface area contributed by atoms with Gasteiger partial charge in [0.2, 0.25) is 0 Å². The molecule has 7 nitrogen and oxygen atoms in total. The van der Waals surface area contributed by atoms with Crippen molar-refractivity contribution >= 4 is 18.0 Å². The van der Waals surface area contributed by atoms with Gasteiger partial charge in [0.25, 0.3) is 0 Å². The van der Waals surface area contributed by atoms with Crippen LogP contribution in [0.5, 0.6) is 0 Å². The van der Waals surface area contributed by atoms with Gasteiger partial charge in [0.1, 0.15) is 12.1 Å². The summed E-state index contributed by atoms with van der Waals surface area (Å²) < 4.78 is 4.69. The molecule has 102 valence electrons. The lowest BCUT2D eigenvalue weighted by molar-refractivity contribution is -0.144. The van der Waals surface area contributed by atoms with Crippen molar-refractivity contribution in [3.05, 3.63) is 12.7 Å². The average Bonchev–Trinajstić information content (AvgIpc) is 2.28. The molecule has 0 rings (SSSR count). The molecule has 0 fully saturated rings. The Morgan fingerprint density at radius 3 is 2.44 bits per heavy atom. The van der Waals surface area contributed by atoms with E-state index in [9.17, 15) is 14.4 Å². The predicted octanol–water partition coefficient (Wildman–Crippen LogP) is 0.267. The van der Waals surface area contributed by atoms with E-state index < -0.39 is 30.1 Å². The van der Waals surface area contributed by atoms with Crippen molar-refractivity contribution < 1.29 is 24.2 Å². The summed E-state index contributed by atoms with van der Waals surface area (Å²) in [6, 6.07) is -2.66. The van der Waals surface area contributed by atoms with Crippen LogP contribution in [-0.2, 0) is 14.3 Å². The number of carbonyl (C=O) groups is 3. The zero-order chi connectivity index (χ0) is 14.1. The highest BCUT2D eigenvalue weighted by atomic mass is 16.5. The molecule has 0 aliphatic heterocycles. The maximum Gasteiger partial charge on any atom is 0.328 e. The Hall–Kier alpha value is -2.05. The molecule has 2 unspecified atom stereocenters. The van der Waals surface area contributed by atoms with Crippen molar-refractivity contribution in [3.8, 4) is 0 Å². The van der Waals surface area contributed by atoms with E-state index >= 15 is 0 Å². The number of carbonyl (C=O) groups excluding carboxylic acids is 2. The second kappa shape index (κ2) is 8.10. The predicted molar refractivity (Wildman–Crippen MR) is 64.0 cm³/mol. The molecule has 18 heavy (non-hydrogen) atoms. The lowest BCUT2D eigenvalue weighted by Gasteiger charge is -2.16. The van der Waals surface area contributed by atoms with E-state index in [-0.39, 0.29) is 13.0 Å². The molecular formula is C11H18N2O5. The van der Waals surface area contributed by atoms with Crippen LogP contribution in [0, 0.1) is 0 Å². The Bertz CT molecular complexity index is 329. The molecule has 0 spiro atoms. The van der Waals surface area contributed by atoms with Gasteiger partial charge < -0.3 is 20.5 Å². The average molecular weight is 258 g/mol. The summed E-state index contributed by atoms with van der Waals surface area (Å²) >= 11 is 0. The number of hydrogen-bond donors (Lipinski definition) is 3. The van der Waals surface area contributed by atoms with Gasteiger partial charge in [0.05, 0.1) is 6.61 Å². The molecule has 0 saturated heterocycles. The fraction of sp³-hybridized carbons (Fsp3) is 0.545. The van der Waals surface area contributed by atoms with Crippen LogP contribution in [-0.4, -0.2) is 41.8 Å². The first-order valence-electron chi connectivity index (χ1n) is 5.49. The van der Waals surface area contributed by atoms with Gasteiger partial charge in [-0.3, -0.25) is 0 Å². The summed E-state index contributed by atoms with van der Waals surface area (Å²) in [6.45, 7) is 6.70. The number of urea groups is 1. The number of ether oxygens (including phenoxy) is 1. The van der Waals surface area contributed by atoms with E-state index in [4.69, 9.17) is 9.84 Å². The van der Waals surface area contributed by atoms with Gasteiger partial charge in [-0.15, -0.1) is 6.58 Å². The van der Waals surface area contributed by atoms with E-state index in [1.807, 2.05) is 0 Å². The molecule has 0 aliphatic carbocycles. The van der Waals surface area contributed by atoms with E-state index in [2.05, 4.69) is 17.2 Å². The lowest BCUT2D eigenvalue weighted by Crippen LogP contribution is -2.50. The first kappa shape index (κ1) is 16.0. The molecule has 0 aromatic heterocycles. The Labute approximate surface area is 105 Å². The highest BCUT2D eigenvalue weighted by Gasteiger charge is 2.21. The van der Waals surface area contributed by atoms with Crippen molar-refractivity contribution in [1.82, 2.24) is 10.6 Å². The van der Waals surface area contributed by atoms with Gasteiger partial charge in [0.15, 0.2) is 0 Å². The van der Waals surface area contributed by atoms with Gasteiger partial charge in [0, 0.05) is 0 Å². The summed E-state index contributed by atoms with van der Waals surface area (Å²) in [7, 11) is 0. The number of carboxylic acid groups (broad SMARTS) is 1. The Morgan fingerprint density at radius 2 is 2.00 bits per heavy atom. The number of esters is 1. The summed E-state index contributed by atoms with van der Waals surface area (Å²) in [5.74, 6) is -1.75. The number of amides is 2. The minimum Gasteiger partial charge on any atom is -0.480 e. The smallest absolute Gasteiger partial charge is 0.328 e. The lowest BCUT2D eigenvalue weighted by atomic mass is 10.2. The second-order valence-electron chi connectivity index (χ2n) is 3.51. The normalized spacial score (nSPS) is 13.0. The molecule has 0 radical (unpaired) electrons. The summed E-state index contributed by atoms with van der Waals surface area (Å²) in [6.07, 6.45) is 1.48. The van der Waals surface area contributed by atoms with Crippen molar-refractivity contribution in [2.24, 2.45) is 0 Å². The molecule has 0 aromatic rings. The van der Waals surface area contributed by atoms with Crippen LogP contribution in [0.3, 0.4) is 0 Å². The highest BCUT2D eigenvalue weighted by molar-refractivity contribution is 5.86. The van der Waals surface area contributed by atoms with Crippen LogP contribution in [0.25, 0.3) is 0 Å². The van der Waals surface area contributed by atoms with Gasteiger partial charge in [-0.05, 0) is 20.3 Å². The van der Waals surface area contributed by atoms with Gasteiger partial charge in [-0.25, -0.2) is 14.4 Å². The standard InChI is InChI=1S/C11H18N2O5/c1-4-6-8(9(14)15)13-11(17)12-7(3)10(16)18-5-2/h4,7-8H,1,5-6H2,2-3H3,(H,14,15)(H2,12,13,17). The van der Waals surface area contributed by atoms with Crippen LogP contribution in [0.2, 0.25) is 0 Å². The molecule has 3 N–H and O–H groups in total. The Kier molecular flexibility index (Phi) is 7.18. The van der Waals surface area contributed by atoms with Crippen LogP contribution in [0.15, 0.2) is 12.7 Å². The molecule has 0 aromatic carbocycles. The fourth-order valence-corrected chi connectivity index (χ4v) is 1.11. The number of hydrogen-bond acceptors (Lipinski definition) is 4. The maximum atomic E-state index is 11.4. The van der Waals surface area contributed by atoms with E-state index in [0.29, 0.717) is 0 Å². The maximum absolute atomic E-state index is 11.4. The molecule has 2 atom stereocenters. The summed E-state index contributed by atoms with van der Waals surface area (Å²) in [4.78, 5) is 33.4. The third kappa shape index (κ3) is 5.88. The summed E-state index contributed by atoms with van der Waals surface area (Å²) in [5, 5.41) is 13.3. The monoisotopic (exact) mass is 258 g/mol. The van der Waals surface area contributed by atoms with Gasteiger partial charge in [-0.2, -0.15) is 0 Å². The molecular weight excluding hydrogens is 240 g/mol. The quantitative estimate of drug-likeness (QED) is 0.449. The van der Waals surface area contributed by atoms with E-state index in [0.717, 1.165) is 0 Å². The zero-order valence-corrected chi connectivity index (χ0v) is 10.4. The van der Waals surface area contributed by atoms with Crippen molar-refractivity contribution in [1.29, 1.82) is 0 Å². The minimum atomic E-state index is -1.17. The van der Waals surface area contributed by atoms with Crippen LogP contribution in [0.1, 0.15) is 20.3 Å². The number of carboxylic acids is 1. The number of nitrogens with one attached hydrogen (secondary N) is 2. The molecule has 0 bridgehead atoms. The minimum absolute atomic E-state index is 0.0938. The highest BCUT2D eigenvalue weighted by Crippen LogP contribution is 1.94. The number of aliphatic carboxylic acids is 1. The van der Waals surface area contributed by atoms with Crippen molar-refractivity contribution in [2.75, 3.05) is 6.61 Å². The van der Waals surface area contributed by atoms with Crippen molar-refractivity contribution in [2.45, 2.75) is 32.4 Å². The van der Waals surface area contributed by atoms with Crippen LogP contribution >= 0.6 is 0 Å². The van der Waals surface area contributed by atoms with Crippen LogP contribution < -0.4 is 10.6 Å². The fourth-order valence-electron chi connectivity index (χ4n) is 1.11. The molecule has 0 saturated carbocycles. The van der Waals surface area contributed by atoms with Crippen LogP contribution in [0.4, 0.5) is 4.79 Å². The third-order valence-electron chi connectivity index (χ3n) is 1.99. The first-order valence-corrected chi connectivity index (χ1v) is 5.49. The third-order valence-corrected chi connectivity index (χ3v) is 1.99. The topological polar surface area (TPSA) is 105 Å². The van der Waals surface area contributed by atoms with Gasteiger partial charge >= 0.3 is 18.0 Å². The molecule has 0 aliphatic rings. The molecule has 2 amide bonds. The summed E-state index contributed by atoms with van der Waals surface area (Å²) in [5.41, 5.74) is 0.